The van der Waals surface area contributed by atoms with Crippen LogP contribution in [0.5, 0.6) is 5.75 Å². The number of nitrogens with one attached hydrogen (secondary N) is 3. The molecule has 3 N–H and O–H groups in total. The van der Waals surface area contributed by atoms with Gasteiger partial charge in [-0.25, -0.2) is 10.9 Å². The fraction of sp³-hybridized carbons (Fsp3) is 0.294. The number of carbonyl (C=O) groups excluding carboxylic acids is 1. The summed E-state index contributed by atoms with van der Waals surface area (Å²) < 4.78 is 5.16. The summed E-state index contributed by atoms with van der Waals surface area (Å²) in [6.45, 7) is 0.484. The van der Waals surface area contributed by atoms with Crippen LogP contribution in [0.25, 0.3) is 0 Å². The summed E-state index contributed by atoms with van der Waals surface area (Å²) in [5, 5.41) is 2.93. The highest BCUT2D eigenvalue weighted by Gasteiger charge is 2.29. The molecule has 0 saturated carbocycles. The number of carbonyl (C=O) groups is 1. The largest absolute Gasteiger partial charge is 0.497 e. The third kappa shape index (κ3) is 3.85. The average molecular weight is 312 g/mol. The first-order valence-corrected chi connectivity index (χ1v) is 7.58. The van der Waals surface area contributed by atoms with Gasteiger partial charge in [-0.1, -0.05) is 18.2 Å². The second kappa shape index (κ2) is 7.21. The van der Waals surface area contributed by atoms with Gasteiger partial charge in [0, 0.05) is 25.0 Å². The molecule has 1 aromatic carbocycles. The number of amides is 1. The topological polar surface area (TPSA) is 75.3 Å². The zero-order chi connectivity index (χ0) is 16.1. The van der Waals surface area contributed by atoms with Crippen LogP contribution < -0.4 is 20.9 Å². The Kier molecular flexibility index (Phi) is 4.85. The standard InChI is InChI=1S/C17H20N4O2/c1-23-14-6-4-13(5-7-14)15-9-16(21-20-15)17(22)19-11-12-3-2-8-18-10-12/h2-8,10,15-16,20-21H,9,11H2,1H3,(H,19,22). The highest BCUT2D eigenvalue weighted by molar-refractivity contribution is 5.82. The Labute approximate surface area is 135 Å². The lowest BCUT2D eigenvalue weighted by molar-refractivity contribution is -0.123. The molecule has 23 heavy (non-hydrogen) atoms. The molecule has 120 valence electrons. The van der Waals surface area contributed by atoms with E-state index in [2.05, 4.69) is 21.2 Å². The van der Waals surface area contributed by atoms with Crippen molar-refractivity contribution < 1.29 is 9.53 Å². The Morgan fingerprint density at radius 3 is 2.83 bits per heavy atom. The Balaban J connectivity index is 1.53. The van der Waals surface area contributed by atoms with Crippen molar-refractivity contribution in [3.63, 3.8) is 0 Å². The molecule has 6 nitrogen and oxygen atoms in total. The van der Waals surface area contributed by atoms with Crippen LogP contribution >= 0.6 is 0 Å². The molecule has 0 aliphatic carbocycles. The van der Waals surface area contributed by atoms with Crippen molar-refractivity contribution >= 4 is 5.91 Å². The van der Waals surface area contributed by atoms with E-state index in [0.717, 1.165) is 16.9 Å². The lowest BCUT2D eigenvalue weighted by atomic mass is 10.0. The maximum Gasteiger partial charge on any atom is 0.238 e. The summed E-state index contributed by atoms with van der Waals surface area (Å²) in [6.07, 6.45) is 4.17. The number of aromatic nitrogens is 1. The van der Waals surface area contributed by atoms with Crippen molar-refractivity contribution in [3.05, 3.63) is 59.9 Å². The number of ether oxygens (including phenoxy) is 1. The Morgan fingerprint density at radius 2 is 2.13 bits per heavy atom. The Hall–Kier alpha value is -2.44. The van der Waals surface area contributed by atoms with Gasteiger partial charge >= 0.3 is 0 Å². The van der Waals surface area contributed by atoms with E-state index in [1.54, 1.807) is 19.5 Å². The predicted octanol–water partition coefficient (Wildman–Crippen LogP) is 1.31. The van der Waals surface area contributed by atoms with Gasteiger partial charge in [0.05, 0.1) is 7.11 Å². The van der Waals surface area contributed by atoms with Crippen LogP contribution in [0.4, 0.5) is 0 Å². The monoisotopic (exact) mass is 312 g/mol. The van der Waals surface area contributed by atoms with Crippen LogP contribution in [0.3, 0.4) is 0 Å². The van der Waals surface area contributed by atoms with E-state index in [4.69, 9.17) is 4.74 Å². The van der Waals surface area contributed by atoms with Gasteiger partial charge in [0.1, 0.15) is 11.8 Å². The first kappa shape index (κ1) is 15.5. The van der Waals surface area contributed by atoms with E-state index in [1.165, 1.54) is 0 Å². The number of methoxy groups -OCH3 is 1. The highest BCUT2D eigenvalue weighted by Crippen LogP contribution is 2.24. The number of rotatable bonds is 5. The number of hydrogen-bond donors (Lipinski definition) is 3. The van der Waals surface area contributed by atoms with E-state index < -0.39 is 0 Å². The number of hydrazine groups is 1. The molecule has 2 heterocycles. The summed E-state index contributed by atoms with van der Waals surface area (Å²) >= 11 is 0. The molecule has 2 aromatic rings. The second-order valence-corrected chi connectivity index (χ2v) is 5.48. The highest BCUT2D eigenvalue weighted by atomic mass is 16.5. The van der Waals surface area contributed by atoms with Gasteiger partial charge in [-0.2, -0.15) is 0 Å². The molecular weight excluding hydrogens is 292 g/mol. The third-order valence-electron chi connectivity index (χ3n) is 3.93. The molecular formula is C17H20N4O2. The van der Waals surface area contributed by atoms with Crippen LogP contribution in [0, 0.1) is 0 Å². The SMILES string of the molecule is COc1ccc(C2CC(C(=O)NCc3cccnc3)NN2)cc1. The van der Waals surface area contributed by atoms with Crippen molar-refractivity contribution in [2.24, 2.45) is 0 Å². The van der Waals surface area contributed by atoms with Gasteiger partial charge in [0.25, 0.3) is 0 Å². The van der Waals surface area contributed by atoms with Gasteiger partial charge in [-0.3, -0.25) is 9.78 Å². The number of nitrogens with zero attached hydrogens (tertiary/aromatic N) is 1. The van der Waals surface area contributed by atoms with Crippen molar-refractivity contribution in [3.8, 4) is 5.75 Å². The molecule has 2 unspecified atom stereocenters. The summed E-state index contributed by atoms with van der Waals surface area (Å²) in [6, 6.07) is 11.5. The lowest BCUT2D eigenvalue weighted by Crippen LogP contribution is -2.42. The summed E-state index contributed by atoms with van der Waals surface area (Å²) in [5.41, 5.74) is 8.35. The first-order chi connectivity index (χ1) is 11.3. The molecule has 3 rings (SSSR count). The molecule has 1 saturated heterocycles. The number of pyridine rings is 1. The maximum atomic E-state index is 12.2. The van der Waals surface area contributed by atoms with Gasteiger partial charge in [-0.05, 0) is 35.7 Å². The van der Waals surface area contributed by atoms with Gasteiger partial charge in [0.2, 0.25) is 5.91 Å². The zero-order valence-corrected chi connectivity index (χ0v) is 13.0. The molecule has 0 radical (unpaired) electrons. The Morgan fingerprint density at radius 1 is 1.30 bits per heavy atom. The average Bonchev–Trinajstić information content (AvgIpc) is 3.11. The molecule has 1 aliphatic rings. The van der Waals surface area contributed by atoms with E-state index in [0.29, 0.717) is 13.0 Å². The van der Waals surface area contributed by atoms with Gasteiger partial charge in [-0.15, -0.1) is 0 Å². The van der Waals surface area contributed by atoms with Crippen molar-refractivity contribution in [2.45, 2.75) is 25.0 Å². The van der Waals surface area contributed by atoms with Gasteiger partial charge < -0.3 is 10.1 Å². The molecule has 0 spiro atoms. The van der Waals surface area contributed by atoms with E-state index in [-0.39, 0.29) is 18.0 Å². The smallest absolute Gasteiger partial charge is 0.238 e. The minimum atomic E-state index is -0.251. The molecule has 0 bridgehead atoms. The summed E-state index contributed by atoms with van der Waals surface area (Å²) in [4.78, 5) is 16.3. The normalized spacial score (nSPS) is 20.2. The van der Waals surface area contributed by atoms with Crippen LogP contribution in [0.1, 0.15) is 23.6 Å². The molecule has 2 atom stereocenters. The second-order valence-electron chi connectivity index (χ2n) is 5.48. The summed E-state index contributed by atoms with van der Waals surface area (Å²) in [7, 11) is 1.65. The van der Waals surface area contributed by atoms with Crippen LogP contribution in [0.2, 0.25) is 0 Å². The number of hydrogen-bond acceptors (Lipinski definition) is 5. The van der Waals surface area contributed by atoms with Gasteiger partial charge in [0.15, 0.2) is 0 Å². The van der Waals surface area contributed by atoms with Crippen LogP contribution in [-0.2, 0) is 11.3 Å². The van der Waals surface area contributed by atoms with Crippen molar-refractivity contribution in [2.75, 3.05) is 7.11 Å². The van der Waals surface area contributed by atoms with Crippen molar-refractivity contribution in [1.82, 2.24) is 21.2 Å². The minimum Gasteiger partial charge on any atom is -0.497 e. The fourth-order valence-corrected chi connectivity index (χ4v) is 2.60. The summed E-state index contributed by atoms with van der Waals surface area (Å²) in [5.74, 6) is 0.808. The minimum absolute atomic E-state index is 0.0163. The molecule has 1 fully saturated rings. The van der Waals surface area contributed by atoms with Crippen LogP contribution in [-0.4, -0.2) is 24.0 Å². The maximum absolute atomic E-state index is 12.2. The molecule has 1 amide bonds. The predicted molar refractivity (Wildman–Crippen MR) is 86.5 cm³/mol. The van der Waals surface area contributed by atoms with Crippen LogP contribution in [0.15, 0.2) is 48.8 Å². The first-order valence-electron chi connectivity index (χ1n) is 7.58. The van der Waals surface area contributed by atoms with E-state index >= 15 is 0 Å². The molecule has 6 heteroatoms. The quantitative estimate of drug-likeness (QED) is 0.776. The third-order valence-corrected chi connectivity index (χ3v) is 3.93. The van der Waals surface area contributed by atoms with Crippen molar-refractivity contribution in [1.29, 1.82) is 0 Å². The Bertz CT molecular complexity index is 645. The van der Waals surface area contributed by atoms with E-state index in [9.17, 15) is 4.79 Å². The lowest BCUT2D eigenvalue weighted by Gasteiger charge is -2.11. The molecule has 1 aliphatic heterocycles. The molecule has 1 aromatic heterocycles. The fourth-order valence-electron chi connectivity index (χ4n) is 2.60. The zero-order valence-electron chi connectivity index (χ0n) is 13.0. The van der Waals surface area contributed by atoms with E-state index in [1.807, 2.05) is 36.4 Å². The number of benzene rings is 1.